The van der Waals surface area contributed by atoms with Crippen molar-refractivity contribution in [3.63, 3.8) is 0 Å². The number of hydrazone groups is 1. The molecule has 0 saturated carbocycles. The Morgan fingerprint density at radius 3 is 2.94 bits per heavy atom. The lowest BCUT2D eigenvalue weighted by atomic mass is 10.1. The molecule has 3 N–H and O–H groups in total. The fraction of sp³-hybridized carbons (Fsp3) is 0.333. The Bertz CT molecular complexity index is 463. The monoisotopic (exact) mass is 266 g/mol. The van der Waals surface area contributed by atoms with E-state index < -0.39 is 0 Å². The molecular formula is C12H15ClN4O. The van der Waals surface area contributed by atoms with Crippen LogP contribution in [0.1, 0.15) is 18.9 Å². The number of halogens is 1. The minimum atomic E-state index is -0.247. The van der Waals surface area contributed by atoms with Gasteiger partial charge in [0, 0.05) is 16.6 Å². The molecule has 2 unspecified atom stereocenters. The van der Waals surface area contributed by atoms with Gasteiger partial charge in [-0.1, -0.05) is 29.8 Å². The quantitative estimate of drug-likeness (QED) is 0.566. The maximum absolute atomic E-state index is 11.7. The van der Waals surface area contributed by atoms with Crippen LogP contribution in [0, 0.1) is 0 Å². The highest BCUT2D eigenvalue weighted by Crippen LogP contribution is 2.12. The van der Waals surface area contributed by atoms with Crippen LogP contribution in [-0.2, 0) is 4.79 Å². The molecular weight excluding hydrogens is 252 g/mol. The van der Waals surface area contributed by atoms with Crippen LogP contribution in [0.5, 0.6) is 0 Å². The van der Waals surface area contributed by atoms with Crippen molar-refractivity contribution in [2.75, 3.05) is 0 Å². The van der Waals surface area contributed by atoms with E-state index in [2.05, 4.69) is 21.4 Å². The maximum atomic E-state index is 11.7. The van der Waals surface area contributed by atoms with Crippen molar-refractivity contribution in [2.45, 2.75) is 25.4 Å². The average Bonchev–Trinajstić information content (AvgIpc) is 2.78. The SMILES string of the molecule is CC1CC(C(=O)N/N=C/c2ccccc2Cl)NN1. The molecule has 1 aliphatic heterocycles. The van der Waals surface area contributed by atoms with Gasteiger partial charge < -0.3 is 0 Å². The zero-order valence-electron chi connectivity index (χ0n) is 9.98. The molecule has 0 radical (unpaired) electrons. The number of hydrogen-bond acceptors (Lipinski definition) is 4. The zero-order valence-corrected chi connectivity index (χ0v) is 10.7. The van der Waals surface area contributed by atoms with Gasteiger partial charge in [0.15, 0.2) is 0 Å². The van der Waals surface area contributed by atoms with E-state index in [4.69, 9.17) is 11.6 Å². The summed E-state index contributed by atoms with van der Waals surface area (Å²) < 4.78 is 0. The first-order valence-electron chi connectivity index (χ1n) is 5.75. The molecule has 0 aromatic heterocycles. The van der Waals surface area contributed by atoms with Crippen LogP contribution in [0.4, 0.5) is 0 Å². The van der Waals surface area contributed by atoms with Crippen LogP contribution in [0.3, 0.4) is 0 Å². The minimum Gasteiger partial charge on any atom is -0.271 e. The van der Waals surface area contributed by atoms with Gasteiger partial charge in [0.2, 0.25) is 0 Å². The molecule has 1 amide bonds. The highest BCUT2D eigenvalue weighted by Gasteiger charge is 2.26. The predicted octanol–water partition coefficient (Wildman–Crippen LogP) is 1.05. The van der Waals surface area contributed by atoms with Crippen LogP contribution in [0.25, 0.3) is 0 Å². The van der Waals surface area contributed by atoms with Crippen LogP contribution in [-0.4, -0.2) is 24.2 Å². The van der Waals surface area contributed by atoms with Gasteiger partial charge in [-0.3, -0.25) is 10.2 Å². The highest BCUT2D eigenvalue weighted by molar-refractivity contribution is 6.33. The molecule has 1 aromatic rings. The topological polar surface area (TPSA) is 65.5 Å². The first-order valence-corrected chi connectivity index (χ1v) is 6.13. The number of carbonyl (C=O) groups excluding carboxylic acids is 1. The lowest BCUT2D eigenvalue weighted by molar-refractivity contribution is -0.122. The van der Waals surface area contributed by atoms with E-state index >= 15 is 0 Å². The second-order valence-electron chi connectivity index (χ2n) is 4.23. The van der Waals surface area contributed by atoms with E-state index in [1.807, 2.05) is 25.1 Å². The number of nitrogens with zero attached hydrogens (tertiary/aromatic N) is 1. The number of benzene rings is 1. The van der Waals surface area contributed by atoms with Crippen LogP contribution in [0.15, 0.2) is 29.4 Å². The first-order chi connectivity index (χ1) is 8.66. The molecule has 1 aliphatic rings. The Labute approximate surface area is 111 Å². The van der Waals surface area contributed by atoms with E-state index in [0.717, 1.165) is 12.0 Å². The summed E-state index contributed by atoms with van der Waals surface area (Å²) in [4.78, 5) is 11.7. The molecule has 2 atom stereocenters. The van der Waals surface area contributed by atoms with E-state index in [9.17, 15) is 4.79 Å². The number of hydrazine groups is 1. The van der Waals surface area contributed by atoms with Gasteiger partial charge in [-0.2, -0.15) is 5.10 Å². The Morgan fingerprint density at radius 2 is 2.28 bits per heavy atom. The third-order valence-electron chi connectivity index (χ3n) is 2.69. The van der Waals surface area contributed by atoms with Gasteiger partial charge in [-0.05, 0) is 19.4 Å². The predicted molar refractivity (Wildman–Crippen MR) is 71.3 cm³/mol. The van der Waals surface area contributed by atoms with E-state index in [1.54, 1.807) is 6.07 Å². The summed E-state index contributed by atoms with van der Waals surface area (Å²) in [6.45, 7) is 2.01. The molecule has 5 nitrogen and oxygen atoms in total. The van der Waals surface area contributed by atoms with Gasteiger partial charge in [0.25, 0.3) is 5.91 Å². The Hall–Kier alpha value is -1.43. The summed E-state index contributed by atoms with van der Waals surface area (Å²) >= 11 is 5.96. The molecule has 6 heteroatoms. The number of amides is 1. The summed E-state index contributed by atoms with van der Waals surface area (Å²) in [5, 5.41) is 4.50. The maximum Gasteiger partial charge on any atom is 0.258 e. The zero-order chi connectivity index (χ0) is 13.0. The Morgan fingerprint density at radius 1 is 1.50 bits per heavy atom. The second-order valence-corrected chi connectivity index (χ2v) is 4.64. The molecule has 1 fully saturated rings. The van der Waals surface area contributed by atoms with E-state index in [0.29, 0.717) is 5.02 Å². The molecule has 1 heterocycles. The first kappa shape index (κ1) is 13.0. The number of nitrogens with one attached hydrogen (secondary N) is 3. The third kappa shape index (κ3) is 3.29. The Balaban J connectivity index is 1.88. The summed E-state index contributed by atoms with van der Waals surface area (Å²) in [5.41, 5.74) is 9.15. The molecule has 1 saturated heterocycles. The van der Waals surface area contributed by atoms with Crippen molar-refractivity contribution < 1.29 is 4.79 Å². The van der Waals surface area contributed by atoms with Gasteiger partial charge in [-0.15, -0.1) is 0 Å². The summed E-state index contributed by atoms with van der Waals surface area (Å²) in [6, 6.07) is 7.34. The van der Waals surface area contributed by atoms with Gasteiger partial charge >= 0.3 is 0 Å². The van der Waals surface area contributed by atoms with Gasteiger partial charge in [0.1, 0.15) is 6.04 Å². The molecule has 1 aromatic carbocycles. The largest absolute Gasteiger partial charge is 0.271 e. The Kier molecular flexibility index (Phi) is 4.30. The summed E-state index contributed by atoms with van der Waals surface area (Å²) in [6.07, 6.45) is 2.28. The van der Waals surface area contributed by atoms with Crippen molar-refractivity contribution in [2.24, 2.45) is 5.10 Å². The van der Waals surface area contributed by atoms with E-state index in [1.165, 1.54) is 6.21 Å². The minimum absolute atomic E-state index is 0.157. The van der Waals surface area contributed by atoms with Crippen molar-refractivity contribution in [3.8, 4) is 0 Å². The number of rotatable bonds is 3. The van der Waals surface area contributed by atoms with Crippen molar-refractivity contribution in [1.82, 2.24) is 16.3 Å². The highest BCUT2D eigenvalue weighted by atomic mass is 35.5. The molecule has 0 bridgehead atoms. The number of hydrogen-bond donors (Lipinski definition) is 3. The lowest BCUT2D eigenvalue weighted by Crippen LogP contribution is -2.41. The molecule has 0 spiro atoms. The fourth-order valence-electron chi connectivity index (χ4n) is 1.71. The van der Waals surface area contributed by atoms with Gasteiger partial charge in [-0.25, -0.2) is 10.9 Å². The molecule has 18 heavy (non-hydrogen) atoms. The van der Waals surface area contributed by atoms with Crippen molar-refractivity contribution in [3.05, 3.63) is 34.9 Å². The summed E-state index contributed by atoms with van der Waals surface area (Å²) in [5.74, 6) is -0.157. The molecule has 0 aliphatic carbocycles. The van der Waals surface area contributed by atoms with Gasteiger partial charge in [0.05, 0.1) is 6.21 Å². The van der Waals surface area contributed by atoms with Crippen LogP contribution >= 0.6 is 11.6 Å². The molecule has 96 valence electrons. The molecule has 2 rings (SSSR count). The van der Waals surface area contributed by atoms with Crippen molar-refractivity contribution in [1.29, 1.82) is 0 Å². The normalized spacial score (nSPS) is 23.4. The van der Waals surface area contributed by atoms with Crippen molar-refractivity contribution >= 4 is 23.7 Å². The summed E-state index contributed by atoms with van der Waals surface area (Å²) in [7, 11) is 0. The average molecular weight is 267 g/mol. The number of carbonyl (C=O) groups is 1. The lowest BCUT2D eigenvalue weighted by Gasteiger charge is -2.06. The third-order valence-corrected chi connectivity index (χ3v) is 3.04. The van der Waals surface area contributed by atoms with Crippen LogP contribution in [0.2, 0.25) is 5.02 Å². The fourth-order valence-corrected chi connectivity index (χ4v) is 1.89. The smallest absolute Gasteiger partial charge is 0.258 e. The standard InChI is InChI=1S/C12H15ClN4O/c1-8-6-11(16-15-8)12(18)17-14-7-9-4-2-3-5-10(9)13/h2-5,7-8,11,15-16H,6H2,1H3,(H,17,18)/b14-7+. The second kappa shape index (κ2) is 5.95. The van der Waals surface area contributed by atoms with Crippen LogP contribution < -0.4 is 16.3 Å². The van der Waals surface area contributed by atoms with E-state index in [-0.39, 0.29) is 18.0 Å².